The Labute approximate surface area is 98.9 Å². The standard InChI is InChI=1S/C12H23NO2S/c1-12(7-4-8-12)13-10-5-3-6-11(9-10)16(2,14)15/h10-11,13H,3-9H2,1-2H3. The second-order valence-electron chi connectivity index (χ2n) is 5.87. The van der Waals surface area contributed by atoms with Gasteiger partial charge < -0.3 is 5.32 Å². The average molecular weight is 245 g/mol. The second-order valence-corrected chi connectivity index (χ2v) is 8.20. The van der Waals surface area contributed by atoms with Crippen molar-refractivity contribution in [3.8, 4) is 0 Å². The quantitative estimate of drug-likeness (QED) is 0.825. The maximum absolute atomic E-state index is 11.6. The summed E-state index contributed by atoms with van der Waals surface area (Å²) >= 11 is 0. The molecule has 3 nitrogen and oxygen atoms in total. The molecule has 2 unspecified atom stereocenters. The van der Waals surface area contributed by atoms with E-state index in [-0.39, 0.29) is 5.25 Å². The first kappa shape index (κ1) is 12.4. The Morgan fingerprint density at radius 3 is 2.38 bits per heavy atom. The molecule has 1 N–H and O–H groups in total. The summed E-state index contributed by atoms with van der Waals surface area (Å²) in [5.74, 6) is 0. The van der Waals surface area contributed by atoms with Crippen LogP contribution < -0.4 is 5.32 Å². The van der Waals surface area contributed by atoms with Gasteiger partial charge in [-0.25, -0.2) is 8.42 Å². The van der Waals surface area contributed by atoms with E-state index in [2.05, 4.69) is 12.2 Å². The van der Waals surface area contributed by atoms with E-state index in [1.165, 1.54) is 25.5 Å². The summed E-state index contributed by atoms with van der Waals surface area (Å²) in [5, 5.41) is 3.56. The Hall–Kier alpha value is -0.0900. The Balaban J connectivity index is 1.92. The van der Waals surface area contributed by atoms with E-state index in [0.29, 0.717) is 11.6 Å². The number of rotatable bonds is 3. The summed E-state index contributed by atoms with van der Waals surface area (Å²) in [7, 11) is -2.84. The zero-order chi connectivity index (χ0) is 11.8. The first-order chi connectivity index (χ1) is 7.39. The van der Waals surface area contributed by atoms with Crippen LogP contribution in [0.15, 0.2) is 0 Å². The fourth-order valence-electron chi connectivity index (χ4n) is 3.01. The smallest absolute Gasteiger partial charge is 0.150 e. The van der Waals surface area contributed by atoms with Gasteiger partial charge >= 0.3 is 0 Å². The van der Waals surface area contributed by atoms with Crippen molar-refractivity contribution in [3.63, 3.8) is 0 Å². The highest BCUT2D eigenvalue weighted by molar-refractivity contribution is 7.91. The van der Waals surface area contributed by atoms with Gasteiger partial charge in [-0.2, -0.15) is 0 Å². The highest BCUT2D eigenvalue weighted by Crippen LogP contribution is 2.34. The van der Waals surface area contributed by atoms with Crippen LogP contribution in [-0.4, -0.2) is 31.5 Å². The number of hydrogen-bond donors (Lipinski definition) is 1. The fourth-order valence-corrected chi connectivity index (χ4v) is 4.19. The van der Waals surface area contributed by atoms with Crippen LogP contribution in [0.5, 0.6) is 0 Å². The van der Waals surface area contributed by atoms with Gasteiger partial charge in [0.25, 0.3) is 0 Å². The van der Waals surface area contributed by atoms with E-state index in [4.69, 9.17) is 0 Å². The highest BCUT2D eigenvalue weighted by atomic mass is 32.2. The summed E-state index contributed by atoms with van der Waals surface area (Å²) in [4.78, 5) is 0. The first-order valence-electron chi connectivity index (χ1n) is 6.36. The Morgan fingerprint density at radius 1 is 1.19 bits per heavy atom. The van der Waals surface area contributed by atoms with E-state index >= 15 is 0 Å². The topological polar surface area (TPSA) is 46.2 Å². The fraction of sp³-hybridized carbons (Fsp3) is 1.00. The molecule has 0 bridgehead atoms. The molecule has 4 heteroatoms. The van der Waals surface area contributed by atoms with Crippen molar-refractivity contribution < 1.29 is 8.42 Å². The Bertz CT molecular complexity index is 346. The predicted molar refractivity (Wildman–Crippen MR) is 66.3 cm³/mol. The number of sulfone groups is 1. The summed E-state index contributed by atoms with van der Waals surface area (Å²) in [6.07, 6.45) is 9.03. The third-order valence-electron chi connectivity index (χ3n) is 4.24. The van der Waals surface area contributed by atoms with Crippen LogP contribution in [0, 0.1) is 0 Å². The minimum atomic E-state index is -2.84. The molecule has 16 heavy (non-hydrogen) atoms. The molecule has 0 amide bonds. The van der Waals surface area contributed by atoms with Gasteiger partial charge in [0.2, 0.25) is 0 Å². The van der Waals surface area contributed by atoms with Gasteiger partial charge in [-0.15, -0.1) is 0 Å². The van der Waals surface area contributed by atoms with Crippen molar-refractivity contribution in [3.05, 3.63) is 0 Å². The Kier molecular flexibility index (Phi) is 3.32. The largest absolute Gasteiger partial charge is 0.309 e. The van der Waals surface area contributed by atoms with Crippen LogP contribution in [0.2, 0.25) is 0 Å². The zero-order valence-corrected chi connectivity index (χ0v) is 11.1. The summed E-state index contributed by atoms with van der Waals surface area (Å²) in [6, 6.07) is 0.416. The molecule has 0 aromatic heterocycles. The van der Waals surface area contributed by atoms with E-state index in [9.17, 15) is 8.42 Å². The highest BCUT2D eigenvalue weighted by Gasteiger charge is 2.36. The molecule has 2 saturated carbocycles. The molecule has 2 rings (SSSR count). The van der Waals surface area contributed by atoms with Crippen molar-refractivity contribution in [2.24, 2.45) is 0 Å². The molecule has 0 aliphatic heterocycles. The summed E-state index contributed by atoms with van der Waals surface area (Å²) in [5.41, 5.74) is 0.296. The van der Waals surface area contributed by atoms with Gasteiger partial charge in [0.1, 0.15) is 9.84 Å². The van der Waals surface area contributed by atoms with Crippen molar-refractivity contribution in [1.29, 1.82) is 0 Å². The van der Waals surface area contributed by atoms with Crippen LogP contribution in [0.1, 0.15) is 51.9 Å². The molecule has 2 aliphatic rings. The minimum Gasteiger partial charge on any atom is -0.309 e. The van der Waals surface area contributed by atoms with Crippen LogP contribution >= 0.6 is 0 Å². The van der Waals surface area contributed by atoms with Crippen LogP contribution in [0.4, 0.5) is 0 Å². The van der Waals surface area contributed by atoms with Crippen LogP contribution in [0.3, 0.4) is 0 Å². The average Bonchev–Trinajstić information content (AvgIpc) is 2.14. The summed E-state index contributed by atoms with van der Waals surface area (Å²) in [6.45, 7) is 2.26. The van der Waals surface area contributed by atoms with Crippen molar-refractivity contribution in [2.75, 3.05) is 6.26 Å². The van der Waals surface area contributed by atoms with E-state index in [1.807, 2.05) is 0 Å². The second kappa shape index (κ2) is 4.30. The molecule has 0 radical (unpaired) electrons. The van der Waals surface area contributed by atoms with Crippen molar-refractivity contribution in [1.82, 2.24) is 5.32 Å². The van der Waals surface area contributed by atoms with E-state index in [1.54, 1.807) is 0 Å². The molecular weight excluding hydrogens is 222 g/mol. The molecular formula is C12H23NO2S. The monoisotopic (exact) mass is 245 g/mol. The predicted octanol–water partition coefficient (Wildman–Crippen LogP) is 1.87. The maximum Gasteiger partial charge on any atom is 0.150 e. The number of hydrogen-bond acceptors (Lipinski definition) is 3. The third kappa shape index (κ3) is 2.77. The third-order valence-corrected chi connectivity index (χ3v) is 5.88. The molecule has 0 aromatic carbocycles. The molecule has 2 fully saturated rings. The number of nitrogens with one attached hydrogen (secondary N) is 1. The molecule has 2 aliphatic carbocycles. The summed E-state index contributed by atoms with van der Waals surface area (Å²) < 4.78 is 23.1. The van der Waals surface area contributed by atoms with E-state index < -0.39 is 9.84 Å². The molecule has 94 valence electrons. The first-order valence-corrected chi connectivity index (χ1v) is 8.31. The van der Waals surface area contributed by atoms with Crippen molar-refractivity contribution >= 4 is 9.84 Å². The van der Waals surface area contributed by atoms with Crippen molar-refractivity contribution in [2.45, 2.75) is 68.7 Å². The molecule has 0 spiro atoms. The minimum absolute atomic E-state index is 0.109. The molecule has 0 aromatic rings. The van der Waals surface area contributed by atoms with Crippen LogP contribution in [-0.2, 0) is 9.84 Å². The van der Waals surface area contributed by atoms with E-state index in [0.717, 1.165) is 25.7 Å². The lowest BCUT2D eigenvalue weighted by atomic mass is 9.77. The van der Waals surface area contributed by atoms with Gasteiger partial charge in [0.15, 0.2) is 0 Å². The van der Waals surface area contributed by atoms with Gasteiger partial charge in [0.05, 0.1) is 5.25 Å². The zero-order valence-electron chi connectivity index (χ0n) is 10.3. The molecule has 0 heterocycles. The van der Waals surface area contributed by atoms with Gasteiger partial charge in [0, 0.05) is 17.8 Å². The maximum atomic E-state index is 11.6. The Morgan fingerprint density at radius 2 is 1.88 bits per heavy atom. The lowest BCUT2D eigenvalue weighted by Crippen LogP contribution is -2.54. The molecule has 2 atom stereocenters. The van der Waals surface area contributed by atoms with Gasteiger partial charge in [-0.05, 0) is 45.4 Å². The molecule has 0 saturated heterocycles. The van der Waals surface area contributed by atoms with Gasteiger partial charge in [-0.1, -0.05) is 6.42 Å². The normalized spacial score (nSPS) is 34.4. The lowest BCUT2D eigenvalue weighted by Gasteiger charge is -2.44. The SMILES string of the molecule is CC1(NC2CCCC(S(C)(=O)=O)C2)CCC1. The van der Waals surface area contributed by atoms with Gasteiger partial charge in [-0.3, -0.25) is 0 Å². The lowest BCUT2D eigenvalue weighted by molar-refractivity contribution is 0.168. The van der Waals surface area contributed by atoms with Crippen LogP contribution in [0.25, 0.3) is 0 Å².